The number of carbonyl (C=O) groups excluding carboxylic acids is 1. The Bertz CT molecular complexity index is 745. The highest BCUT2D eigenvalue weighted by molar-refractivity contribution is 5.68. The molecular formula is C23H33N5O3. The molecule has 1 amide bonds. The van der Waals surface area contributed by atoms with E-state index in [1.165, 1.54) is 0 Å². The van der Waals surface area contributed by atoms with Gasteiger partial charge in [-0.3, -0.25) is 4.90 Å². The summed E-state index contributed by atoms with van der Waals surface area (Å²) in [6.45, 7) is 10.4. The molecule has 0 saturated carbocycles. The van der Waals surface area contributed by atoms with Crippen LogP contribution in [0.15, 0.2) is 24.3 Å². The number of hydrogen-bond donors (Lipinski definition) is 1. The Morgan fingerprint density at radius 3 is 2.45 bits per heavy atom. The minimum absolute atomic E-state index is 0.152. The Hall–Kier alpha value is -2.34. The molecule has 2 atom stereocenters. The van der Waals surface area contributed by atoms with Crippen molar-refractivity contribution in [1.29, 1.82) is 5.26 Å². The molecule has 3 aliphatic rings. The van der Waals surface area contributed by atoms with Gasteiger partial charge in [-0.2, -0.15) is 5.26 Å². The van der Waals surface area contributed by atoms with E-state index in [1.54, 1.807) is 0 Å². The van der Waals surface area contributed by atoms with Crippen LogP contribution in [0.2, 0.25) is 0 Å². The molecular weight excluding hydrogens is 394 g/mol. The fourth-order valence-corrected chi connectivity index (χ4v) is 4.80. The predicted molar refractivity (Wildman–Crippen MR) is 118 cm³/mol. The molecule has 31 heavy (non-hydrogen) atoms. The average molecular weight is 428 g/mol. The van der Waals surface area contributed by atoms with Crippen LogP contribution in [0.25, 0.3) is 0 Å². The highest BCUT2D eigenvalue weighted by Gasteiger charge is 2.41. The number of ether oxygens (including phenoxy) is 2. The second kappa shape index (κ2) is 10.8. The quantitative estimate of drug-likeness (QED) is 0.633. The zero-order chi connectivity index (χ0) is 21.5. The van der Waals surface area contributed by atoms with Crippen LogP contribution >= 0.6 is 0 Å². The molecule has 3 aliphatic heterocycles. The zero-order valence-electron chi connectivity index (χ0n) is 18.2. The third kappa shape index (κ3) is 6.10. The van der Waals surface area contributed by atoms with Gasteiger partial charge < -0.3 is 24.6 Å². The number of nitriles is 1. The summed E-state index contributed by atoms with van der Waals surface area (Å²) in [6, 6.07) is 9.72. The van der Waals surface area contributed by atoms with Gasteiger partial charge in [0.25, 0.3) is 0 Å². The van der Waals surface area contributed by atoms with Gasteiger partial charge in [0.15, 0.2) is 0 Å². The number of morpholine rings is 1. The van der Waals surface area contributed by atoms with Crippen molar-refractivity contribution < 1.29 is 14.3 Å². The molecule has 3 heterocycles. The molecule has 0 spiro atoms. The molecule has 0 aromatic heterocycles. The van der Waals surface area contributed by atoms with Gasteiger partial charge in [0, 0.05) is 58.0 Å². The summed E-state index contributed by atoms with van der Waals surface area (Å²) in [6.07, 6.45) is 0.924. The standard InChI is InChI=1S/C23H33N5O3/c24-14-19-2-4-22(5-3-19)25-6-1-7-27-15-20-17-28(18-21(20)16-27)23(29)31-13-10-26-8-11-30-12-9-26/h2-5,20-21,25H,1,6-13,15-18H2. The lowest BCUT2D eigenvalue weighted by Crippen LogP contribution is -2.40. The summed E-state index contributed by atoms with van der Waals surface area (Å²) in [4.78, 5) is 19.1. The molecule has 8 nitrogen and oxygen atoms in total. The average Bonchev–Trinajstić information content (AvgIpc) is 3.37. The van der Waals surface area contributed by atoms with E-state index < -0.39 is 0 Å². The van der Waals surface area contributed by atoms with Crippen LogP contribution in [0, 0.1) is 23.2 Å². The van der Waals surface area contributed by atoms with Crippen molar-refractivity contribution in [3.8, 4) is 6.07 Å². The van der Waals surface area contributed by atoms with E-state index in [0.717, 1.165) is 84.2 Å². The van der Waals surface area contributed by atoms with Crippen LogP contribution in [-0.4, -0.2) is 99.5 Å². The molecule has 0 aliphatic carbocycles. The Balaban J connectivity index is 1.08. The van der Waals surface area contributed by atoms with Crippen molar-refractivity contribution in [2.45, 2.75) is 6.42 Å². The molecule has 1 N–H and O–H groups in total. The summed E-state index contributed by atoms with van der Waals surface area (Å²) in [5.41, 5.74) is 1.74. The number of likely N-dealkylation sites (tertiary alicyclic amines) is 2. The maximum atomic E-state index is 12.4. The monoisotopic (exact) mass is 427 g/mol. The van der Waals surface area contributed by atoms with E-state index in [2.05, 4.69) is 21.2 Å². The number of fused-ring (bicyclic) bond motifs is 1. The molecule has 8 heteroatoms. The van der Waals surface area contributed by atoms with Crippen LogP contribution in [0.5, 0.6) is 0 Å². The van der Waals surface area contributed by atoms with E-state index in [9.17, 15) is 4.79 Å². The molecule has 3 fully saturated rings. The predicted octanol–water partition coefficient (Wildman–Crippen LogP) is 1.69. The van der Waals surface area contributed by atoms with E-state index >= 15 is 0 Å². The van der Waals surface area contributed by atoms with Gasteiger partial charge in [0.05, 0.1) is 24.8 Å². The first-order valence-corrected chi connectivity index (χ1v) is 11.4. The lowest BCUT2D eigenvalue weighted by molar-refractivity contribution is 0.0251. The summed E-state index contributed by atoms with van der Waals surface area (Å²) in [5.74, 6) is 1.14. The Labute approximate surface area is 184 Å². The highest BCUT2D eigenvalue weighted by Crippen LogP contribution is 2.31. The second-order valence-electron chi connectivity index (χ2n) is 8.72. The van der Waals surface area contributed by atoms with Gasteiger partial charge in [-0.1, -0.05) is 0 Å². The number of anilines is 1. The normalized spacial score (nSPS) is 24.0. The smallest absolute Gasteiger partial charge is 0.409 e. The van der Waals surface area contributed by atoms with E-state index in [-0.39, 0.29) is 6.09 Å². The molecule has 4 rings (SSSR count). The lowest BCUT2D eigenvalue weighted by atomic mass is 10.0. The van der Waals surface area contributed by atoms with Gasteiger partial charge in [-0.05, 0) is 49.1 Å². The third-order valence-electron chi connectivity index (χ3n) is 6.55. The highest BCUT2D eigenvalue weighted by atomic mass is 16.6. The first-order valence-electron chi connectivity index (χ1n) is 11.4. The van der Waals surface area contributed by atoms with Gasteiger partial charge >= 0.3 is 6.09 Å². The van der Waals surface area contributed by atoms with Crippen LogP contribution in [0.1, 0.15) is 12.0 Å². The van der Waals surface area contributed by atoms with Crippen molar-refractivity contribution >= 4 is 11.8 Å². The number of benzene rings is 1. The van der Waals surface area contributed by atoms with Gasteiger partial charge in [0.2, 0.25) is 0 Å². The van der Waals surface area contributed by atoms with Gasteiger partial charge in [-0.15, -0.1) is 0 Å². The zero-order valence-corrected chi connectivity index (χ0v) is 18.2. The Kier molecular flexibility index (Phi) is 7.62. The fraction of sp³-hybridized carbons (Fsp3) is 0.652. The number of nitrogens with zero attached hydrogens (tertiary/aromatic N) is 4. The van der Waals surface area contributed by atoms with E-state index in [0.29, 0.717) is 24.0 Å². The molecule has 3 saturated heterocycles. The molecule has 0 radical (unpaired) electrons. The van der Waals surface area contributed by atoms with E-state index in [1.807, 2.05) is 29.2 Å². The van der Waals surface area contributed by atoms with Crippen molar-refractivity contribution in [2.24, 2.45) is 11.8 Å². The first-order chi connectivity index (χ1) is 15.2. The molecule has 0 bridgehead atoms. The molecule has 168 valence electrons. The van der Waals surface area contributed by atoms with Crippen LogP contribution in [-0.2, 0) is 9.47 Å². The van der Waals surface area contributed by atoms with Crippen LogP contribution in [0.4, 0.5) is 10.5 Å². The maximum Gasteiger partial charge on any atom is 0.409 e. The number of hydrogen-bond acceptors (Lipinski definition) is 7. The number of amides is 1. The van der Waals surface area contributed by atoms with Crippen molar-refractivity contribution in [2.75, 3.05) is 84.0 Å². The molecule has 1 aromatic carbocycles. The maximum absolute atomic E-state index is 12.4. The summed E-state index contributed by atoms with van der Waals surface area (Å²) in [7, 11) is 0. The van der Waals surface area contributed by atoms with Crippen molar-refractivity contribution in [1.82, 2.24) is 14.7 Å². The third-order valence-corrected chi connectivity index (χ3v) is 6.55. The lowest BCUT2D eigenvalue weighted by Gasteiger charge is -2.26. The minimum atomic E-state index is -0.152. The Morgan fingerprint density at radius 2 is 1.77 bits per heavy atom. The molecule has 1 aromatic rings. The minimum Gasteiger partial charge on any atom is -0.448 e. The fourth-order valence-electron chi connectivity index (χ4n) is 4.80. The first kappa shape index (κ1) is 21.9. The summed E-state index contributed by atoms with van der Waals surface area (Å²) >= 11 is 0. The summed E-state index contributed by atoms with van der Waals surface area (Å²) in [5, 5.41) is 12.3. The van der Waals surface area contributed by atoms with Gasteiger partial charge in [-0.25, -0.2) is 4.79 Å². The largest absolute Gasteiger partial charge is 0.448 e. The topological polar surface area (TPSA) is 81.1 Å². The van der Waals surface area contributed by atoms with Crippen LogP contribution < -0.4 is 5.32 Å². The SMILES string of the molecule is N#Cc1ccc(NCCCN2CC3CN(C(=O)OCCN4CCOCC4)CC3C2)cc1. The second-order valence-corrected chi connectivity index (χ2v) is 8.72. The Morgan fingerprint density at radius 1 is 1.06 bits per heavy atom. The summed E-state index contributed by atoms with van der Waals surface area (Å²) < 4.78 is 10.9. The molecule has 2 unspecified atom stereocenters. The van der Waals surface area contributed by atoms with E-state index in [4.69, 9.17) is 14.7 Å². The number of rotatable bonds is 8. The van der Waals surface area contributed by atoms with Crippen molar-refractivity contribution in [3.05, 3.63) is 29.8 Å². The van der Waals surface area contributed by atoms with Crippen LogP contribution in [0.3, 0.4) is 0 Å². The van der Waals surface area contributed by atoms with Gasteiger partial charge in [0.1, 0.15) is 6.61 Å². The van der Waals surface area contributed by atoms with Crippen molar-refractivity contribution in [3.63, 3.8) is 0 Å². The number of carbonyl (C=O) groups is 1. The number of nitrogens with one attached hydrogen (secondary N) is 1.